The number of hydrogen-bond donors (Lipinski definition) is 2. The first-order valence-electron chi connectivity index (χ1n) is 4.67. The monoisotopic (exact) mass is 371 g/mol. The van der Waals surface area contributed by atoms with Gasteiger partial charge in [-0.15, -0.1) is 12.4 Å². The normalized spacial score (nSPS) is 13.1. The van der Waals surface area contributed by atoms with Gasteiger partial charge in [0.05, 0.1) is 4.47 Å². The second kappa shape index (κ2) is 5.71. The number of nitrogens with two attached hydrogens (primary N) is 1. The first-order chi connectivity index (χ1) is 6.73. The smallest absolute Gasteiger partial charge is 0.134 e. The third-order valence-electron chi connectivity index (χ3n) is 2.33. The SMILES string of the molecule is CC(C)(C)[C@H](N)c1cc(Br)cc(Br)c1O.Cl. The molecule has 16 heavy (non-hydrogen) atoms. The first kappa shape index (κ1) is 16.2. The first-order valence-corrected chi connectivity index (χ1v) is 6.25. The molecule has 0 radical (unpaired) electrons. The molecule has 0 aliphatic rings. The number of phenols is 1. The van der Waals surface area contributed by atoms with Crippen molar-refractivity contribution in [2.45, 2.75) is 26.8 Å². The van der Waals surface area contributed by atoms with Crippen LogP contribution in [0.4, 0.5) is 0 Å². The van der Waals surface area contributed by atoms with Gasteiger partial charge in [0, 0.05) is 16.1 Å². The third kappa shape index (κ3) is 3.62. The quantitative estimate of drug-likeness (QED) is 0.767. The highest BCUT2D eigenvalue weighted by Crippen LogP contribution is 2.40. The third-order valence-corrected chi connectivity index (χ3v) is 3.39. The fourth-order valence-electron chi connectivity index (χ4n) is 1.29. The van der Waals surface area contributed by atoms with E-state index in [1.807, 2.05) is 26.8 Å². The van der Waals surface area contributed by atoms with Gasteiger partial charge in [-0.2, -0.15) is 0 Å². The molecule has 0 unspecified atom stereocenters. The summed E-state index contributed by atoms with van der Waals surface area (Å²) in [6, 6.07) is 3.45. The second-order valence-corrected chi connectivity index (χ2v) is 6.44. The summed E-state index contributed by atoms with van der Waals surface area (Å²) < 4.78 is 1.56. The maximum atomic E-state index is 9.91. The van der Waals surface area contributed by atoms with Crippen LogP contribution >= 0.6 is 44.3 Å². The maximum Gasteiger partial charge on any atom is 0.134 e. The van der Waals surface area contributed by atoms with Crippen molar-refractivity contribution in [1.82, 2.24) is 0 Å². The van der Waals surface area contributed by atoms with Gasteiger partial charge in [-0.25, -0.2) is 0 Å². The molecule has 0 saturated heterocycles. The molecule has 2 nitrogen and oxygen atoms in total. The lowest BCUT2D eigenvalue weighted by atomic mass is 9.83. The van der Waals surface area contributed by atoms with Crippen molar-refractivity contribution in [2.24, 2.45) is 11.1 Å². The minimum absolute atomic E-state index is 0. The van der Waals surface area contributed by atoms with Crippen molar-refractivity contribution in [2.75, 3.05) is 0 Å². The molecule has 0 saturated carbocycles. The molecule has 0 aromatic heterocycles. The van der Waals surface area contributed by atoms with Crippen LogP contribution in [-0.2, 0) is 0 Å². The molecule has 3 N–H and O–H groups in total. The van der Waals surface area contributed by atoms with Crippen molar-refractivity contribution in [1.29, 1.82) is 0 Å². The van der Waals surface area contributed by atoms with E-state index in [1.165, 1.54) is 0 Å². The molecular weight excluding hydrogens is 357 g/mol. The number of halogens is 3. The van der Waals surface area contributed by atoms with Crippen molar-refractivity contribution in [3.05, 3.63) is 26.6 Å². The standard InChI is InChI=1S/C11H15Br2NO.ClH/c1-11(2,3)10(14)7-4-6(12)5-8(13)9(7)15;/h4-5,10,15H,14H2,1-3H3;1H/t10-;/m1./s1. The Kier molecular flexibility index (Phi) is 5.80. The minimum atomic E-state index is -0.203. The molecule has 92 valence electrons. The molecule has 0 heterocycles. The van der Waals surface area contributed by atoms with Crippen LogP contribution in [0, 0.1) is 5.41 Å². The van der Waals surface area contributed by atoms with Gasteiger partial charge in [0.1, 0.15) is 5.75 Å². The Bertz CT molecular complexity index is 377. The molecule has 0 aliphatic heterocycles. The average molecular weight is 374 g/mol. The van der Waals surface area contributed by atoms with E-state index in [9.17, 15) is 5.11 Å². The van der Waals surface area contributed by atoms with Crippen LogP contribution in [0.25, 0.3) is 0 Å². The van der Waals surface area contributed by atoms with Crippen molar-refractivity contribution < 1.29 is 5.11 Å². The van der Waals surface area contributed by atoms with Crippen molar-refractivity contribution in [3.8, 4) is 5.75 Å². The van der Waals surface area contributed by atoms with E-state index in [2.05, 4.69) is 31.9 Å². The van der Waals surface area contributed by atoms with E-state index >= 15 is 0 Å². The summed E-state index contributed by atoms with van der Waals surface area (Å²) in [6.07, 6.45) is 0. The van der Waals surface area contributed by atoms with Gasteiger partial charge in [-0.1, -0.05) is 36.7 Å². The lowest BCUT2D eigenvalue weighted by Crippen LogP contribution is -2.26. The van der Waals surface area contributed by atoms with E-state index in [1.54, 1.807) is 6.07 Å². The second-order valence-electron chi connectivity index (χ2n) is 4.67. The maximum absolute atomic E-state index is 9.91. The Balaban J connectivity index is 0.00000225. The van der Waals surface area contributed by atoms with Crippen molar-refractivity contribution in [3.63, 3.8) is 0 Å². The van der Waals surface area contributed by atoms with Crippen LogP contribution in [0.1, 0.15) is 32.4 Å². The summed E-state index contributed by atoms with van der Waals surface area (Å²) in [4.78, 5) is 0. The molecule has 1 aromatic carbocycles. The van der Waals surface area contributed by atoms with E-state index in [-0.39, 0.29) is 29.6 Å². The largest absolute Gasteiger partial charge is 0.506 e. The summed E-state index contributed by atoms with van der Waals surface area (Å²) >= 11 is 6.68. The summed E-state index contributed by atoms with van der Waals surface area (Å²) in [6.45, 7) is 6.14. The minimum Gasteiger partial charge on any atom is -0.506 e. The average Bonchev–Trinajstić information content (AvgIpc) is 2.08. The Hall–Kier alpha value is 0.230. The van der Waals surface area contributed by atoms with Gasteiger partial charge >= 0.3 is 0 Å². The fourth-order valence-corrected chi connectivity index (χ4v) is 2.55. The highest BCUT2D eigenvalue weighted by Gasteiger charge is 2.25. The molecule has 1 atom stereocenters. The molecular formula is C11H16Br2ClNO. The molecule has 0 amide bonds. The zero-order valence-electron chi connectivity index (χ0n) is 9.42. The number of rotatable bonds is 1. The summed E-state index contributed by atoms with van der Waals surface area (Å²) in [5.74, 6) is 0.223. The molecule has 0 spiro atoms. The summed E-state index contributed by atoms with van der Waals surface area (Å²) in [7, 11) is 0. The highest BCUT2D eigenvalue weighted by atomic mass is 79.9. The Labute approximate surface area is 119 Å². The van der Waals surface area contributed by atoms with E-state index in [4.69, 9.17) is 5.73 Å². The van der Waals surface area contributed by atoms with Crippen molar-refractivity contribution >= 4 is 44.3 Å². The zero-order chi connectivity index (χ0) is 11.8. The molecule has 0 aliphatic carbocycles. The van der Waals surface area contributed by atoms with Crippen LogP contribution in [0.15, 0.2) is 21.1 Å². The summed E-state index contributed by atoms with van der Waals surface area (Å²) in [5.41, 5.74) is 6.78. The molecule has 0 bridgehead atoms. The highest BCUT2D eigenvalue weighted by molar-refractivity contribution is 9.11. The van der Waals surface area contributed by atoms with Gasteiger partial charge in [-0.3, -0.25) is 0 Å². The summed E-state index contributed by atoms with van der Waals surface area (Å²) in [5, 5.41) is 9.91. The topological polar surface area (TPSA) is 46.2 Å². The van der Waals surface area contributed by atoms with E-state index < -0.39 is 0 Å². The van der Waals surface area contributed by atoms with Gasteiger partial charge < -0.3 is 10.8 Å². The van der Waals surface area contributed by atoms with Crippen LogP contribution in [-0.4, -0.2) is 5.11 Å². The predicted octanol–water partition coefficient (Wildman–Crippen LogP) is 4.38. The Morgan fingerprint density at radius 3 is 2.19 bits per heavy atom. The zero-order valence-corrected chi connectivity index (χ0v) is 13.4. The predicted molar refractivity (Wildman–Crippen MR) is 77.1 cm³/mol. The van der Waals surface area contributed by atoms with Gasteiger partial charge in [0.15, 0.2) is 0 Å². The van der Waals surface area contributed by atoms with Gasteiger partial charge in [-0.05, 0) is 33.5 Å². The van der Waals surface area contributed by atoms with E-state index in [0.717, 1.165) is 10.0 Å². The number of benzene rings is 1. The lowest BCUT2D eigenvalue weighted by Gasteiger charge is -2.28. The Morgan fingerprint density at radius 1 is 1.25 bits per heavy atom. The van der Waals surface area contributed by atoms with E-state index in [0.29, 0.717) is 4.47 Å². The number of phenolic OH excluding ortho intramolecular Hbond substituents is 1. The van der Waals surface area contributed by atoms with Crippen LogP contribution in [0.3, 0.4) is 0 Å². The van der Waals surface area contributed by atoms with Crippen LogP contribution in [0.5, 0.6) is 5.75 Å². The molecule has 1 aromatic rings. The number of hydrogen-bond acceptors (Lipinski definition) is 2. The van der Waals surface area contributed by atoms with Gasteiger partial charge in [0.2, 0.25) is 0 Å². The van der Waals surface area contributed by atoms with Crippen LogP contribution < -0.4 is 5.73 Å². The van der Waals surface area contributed by atoms with Crippen LogP contribution in [0.2, 0.25) is 0 Å². The molecule has 5 heteroatoms. The Morgan fingerprint density at radius 2 is 1.75 bits per heavy atom. The lowest BCUT2D eigenvalue weighted by molar-refractivity contribution is 0.317. The fraction of sp³-hybridized carbons (Fsp3) is 0.455. The van der Waals surface area contributed by atoms with Gasteiger partial charge in [0.25, 0.3) is 0 Å². The molecule has 0 fully saturated rings. The number of aromatic hydroxyl groups is 1. The molecule has 1 rings (SSSR count).